The van der Waals surface area contributed by atoms with Crippen molar-refractivity contribution < 1.29 is 9.90 Å². The van der Waals surface area contributed by atoms with Crippen LogP contribution in [-0.4, -0.2) is 22.5 Å². The number of allylic oxidation sites excluding steroid dienone is 4. The van der Waals surface area contributed by atoms with Gasteiger partial charge in [0.2, 0.25) is 0 Å². The first-order chi connectivity index (χ1) is 6.52. The molecule has 0 saturated heterocycles. The molecule has 0 fully saturated rings. The van der Waals surface area contributed by atoms with Crippen molar-refractivity contribution in [3.8, 4) is 0 Å². The monoisotopic (exact) mass is 193 g/mol. The van der Waals surface area contributed by atoms with Gasteiger partial charge in [-0.3, -0.25) is 4.79 Å². The summed E-state index contributed by atoms with van der Waals surface area (Å²) in [5, 5.41) is 8.75. The van der Waals surface area contributed by atoms with Gasteiger partial charge in [0.05, 0.1) is 0 Å². The quantitative estimate of drug-likeness (QED) is 0.745. The molecule has 0 atom stereocenters. The summed E-state index contributed by atoms with van der Waals surface area (Å²) in [6.07, 6.45) is 5.65. The Labute approximate surface area is 84.0 Å². The molecule has 0 radical (unpaired) electrons. The van der Waals surface area contributed by atoms with E-state index in [1.165, 1.54) is 0 Å². The zero-order valence-corrected chi connectivity index (χ0v) is 8.53. The van der Waals surface area contributed by atoms with E-state index in [1.54, 1.807) is 4.90 Å². The number of hydrogen-bond acceptors (Lipinski definition) is 2. The molecular weight excluding hydrogens is 178 g/mol. The van der Waals surface area contributed by atoms with E-state index in [0.29, 0.717) is 5.92 Å². The molecule has 3 nitrogen and oxygen atoms in total. The number of carboxylic acids is 1. The fourth-order valence-corrected chi connectivity index (χ4v) is 1.44. The Bertz CT molecular complexity index is 313. The number of rotatable bonds is 3. The molecule has 0 unspecified atom stereocenters. The third kappa shape index (κ3) is 2.25. The number of carboxylic acid groups (broad SMARTS) is 1. The third-order valence-corrected chi connectivity index (χ3v) is 2.10. The van der Waals surface area contributed by atoms with Crippen LogP contribution < -0.4 is 0 Å². The summed E-state index contributed by atoms with van der Waals surface area (Å²) in [6, 6.07) is 0. The van der Waals surface area contributed by atoms with Gasteiger partial charge in [-0.15, -0.1) is 0 Å². The zero-order valence-electron chi connectivity index (χ0n) is 8.53. The van der Waals surface area contributed by atoms with E-state index in [1.807, 2.05) is 32.1 Å². The Morgan fingerprint density at radius 1 is 1.64 bits per heavy atom. The predicted octanol–water partition coefficient (Wildman–Crippen LogP) is 2.00. The highest BCUT2D eigenvalue weighted by atomic mass is 16.4. The van der Waals surface area contributed by atoms with Gasteiger partial charge in [0.15, 0.2) is 0 Å². The van der Waals surface area contributed by atoms with Crippen molar-refractivity contribution in [1.29, 1.82) is 0 Å². The number of nitrogens with zero attached hydrogens (tertiary/aromatic N) is 1. The topological polar surface area (TPSA) is 40.5 Å². The standard InChI is InChI=1S/C11H15NO2/c1-8(2)10-6-4-5-9(3)12(10)7-11(13)14/h4-6,8H,3,7H2,1-2H3,(H,13,14). The van der Waals surface area contributed by atoms with Gasteiger partial charge in [-0.2, -0.15) is 0 Å². The molecule has 0 saturated carbocycles. The van der Waals surface area contributed by atoms with Crippen LogP contribution in [0.2, 0.25) is 0 Å². The molecular formula is C11H15NO2. The Kier molecular flexibility index (Phi) is 3.12. The summed E-state index contributed by atoms with van der Waals surface area (Å²) >= 11 is 0. The van der Waals surface area contributed by atoms with Crippen LogP contribution in [0, 0.1) is 5.92 Å². The van der Waals surface area contributed by atoms with Crippen LogP contribution >= 0.6 is 0 Å². The van der Waals surface area contributed by atoms with Crippen molar-refractivity contribution in [2.24, 2.45) is 5.92 Å². The van der Waals surface area contributed by atoms with Gasteiger partial charge in [0, 0.05) is 11.4 Å². The maximum Gasteiger partial charge on any atom is 0.323 e. The van der Waals surface area contributed by atoms with Crippen molar-refractivity contribution in [1.82, 2.24) is 4.90 Å². The highest BCUT2D eigenvalue weighted by molar-refractivity contribution is 5.70. The molecule has 0 aromatic carbocycles. The van der Waals surface area contributed by atoms with Gasteiger partial charge in [-0.05, 0) is 18.1 Å². The molecule has 1 aliphatic rings. The van der Waals surface area contributed by atoms with Crippen LogP contribution in [0.5, 0.6) is 0 Å². The average Bonchev–Trinajstić information content (AvgIpc) is 2.07. The molecule has 14 heavy (non-hydrogen) atoms. The molecule has 0 spiro atoms. The minimum atomic E-state index is -0.840. The van der Waals surface area contributed by atoms with E-state index in [4.69, 9.17) is 5.11 Å². The van der Waals surface area contributed by atoms with Gasteiger partial charge in [-0.1, -0.05) is 26.5 Å². The number of carbonyl (C=O) groups is 1. The Hall–Kier alpha value is -1.51. The molecule has 1 rings (SSSR count). The van der Waals surface area contributed by atoms with E-state index in [-0.39, 0.29) is 6.54 Å². The summed E-state index contributed by atoms with van der Waals surface area (Å²) in [5.41, 5.74) is 1.73. The SMILES string of the molecule is C=C1C=CC=C(C(C)C)N1CC(=O)O. The fraction of sp³-hybridized carbons (Fsp3) is 0.364. The van der Waals surface area contributed by atoms with Crippen molar-refractivity contribution in [2.45, 2.75) is 13.8 Å². The lowest BCUT2D eigenvalue weighted by Gasteiger charge is -2.30. The first-order valence-electron chi connectivity index (χ1n) is 4.59. The minimum absolute atomic E-state index is 0.0206. The molecule has 1 N–H and O–H groups in total. The summed E-state index contributed by atoms with van der Waals surface area (Å²) in [6.45, 7) is 7.87. The summed E-state index contributed by atoms with van der Waals surface area (Å²) in [4.78, 5) is 12.4. The smallest absolute Gasteiger partial charge is 0.323 e. The van der Waals surface area contributed by atoms with Gasteiger partial charge >= 0.3 is 5.97 Å². The van der Waals surface area contributed by atoms with Crippen molar-refractivity contribution >= 4 is 5.97 Å². The van der Waals surface area contributed by atoms with Gasteiger partial charge in [0.25, 0.3) is 0 Å². The van der Waals surface area contributed by atoms with Gasteiger partial charge < -0.3 is 10.0 Å². The summed E-state index contributed by atoms with van der Waals surface area (Å²) < 4.78 is 0. The Morgan fingerprint density at radius 3 is 2.79 bits per heavy atom. The zero-order chi connectivity index (χ0) is 10.7. The Balaban J connectivity index is 2.88. The maximum atomic E-state index is 10.6. The van der Waals surface area contributed by atoms with E-state index < -0.39 is 5.97 Å². The van der Waals surface area contributed by atoms with E-state index in [2.05, 4.69) is 6.58 Å². The summed E-state index contributed by atoms with van der Waals surface area (Å²) in [7, 11) is 0. The fourth-order valence-electron chi connectivity index (χ4n) is 1.44. The van der Waals surface area contributed by atoms with E-state index in [0.717, 1.165) is 11.4 Å². The molecule has 0 aromatic heterocycles. The second kappa shape index (κ2) is 4.13. The van der Waals surface area contributed by atoms with Crippen LogP contribution in [0.15, 0.2) is 36.2 Å². The molecule has 76 valence electrons. The predicted molar refractivity (Wildman–Crippen MR) is 55.5 cm³/mol. The summed E-state index contributed by atoms with van der Waals surface area (Å²) in [5.74, 6) is -0.538. The normalized spacial score (nSPS) is 16.1. The first kappa shape index (κ1) is 10.6. The molecule has 0 aliphatic carbocycles. The van der Waals surface area contributed by atoms with Crippen LogP contribution in [-0.2, 0) is 4.79 Å². The number of hydrogen-bond donors (Lipinski definition) is 1. The average molecular weight is 193 g/mol. The maximum absolute atomic E-state index is 10.6. The molecule has 1 heterocycles. The third-order valence-electron chi connectivity index (χ3n) is 2.10. The van der Waals surface area contributed by atoms with Gasteiger partial charge in [0.1, 0.15) is 6.54 Å². The lowest BCUT2D eigenvalue weighted by Crippen LogP contribution is -2.30. The van der Waals surface area contributed by atoms with E-state index >= 15 is 0 Å². The highest BCUT2D eigenvalue weighted by Crippen LogP contribution is 2.23. The van der Waals surface area contributed by atoms with Crippen LogP contribution in [0.3, 0.4) is 0 Å². The number of aliphatic carboxylic acids is 1. The largest absolute Gasteiger partial charge is 0.480 e. The molecule has 1 aliphatic heterocycles. The van der Waals surface area contributed by atoms with Crippen molar-refractivity contribution in [3.05, 3.63) is 36.2 Å². The minimum Gasteiger partial charge on any atom is -0.480 e. The van der Waals surface area contributed by atoms with Crippen LogP contribution in [0.25, 0.3) is 0 Å². The van der Waals surface area contributed by atoms with Crippen LogP contribution in [0.1, 0.15) is 13.8 Å². The first-order valence-corrected chi connectivity index (χ1v) is 4.59. The second-order valence-corrected chi connectivity index (χ2v) is 3.58. The lowest BCUT2D eigenvalue weighted by atomic mass is 10.1. The van der Waals surface area contributed by atoms with Crippen molar-refractivity contribution in [2.75, 3.05) is 6.54 Å². The Morgan fingerprint density at radius 2 is 2.29 bits per heavy atom. The molecule has 0 bridgehead atoms. The van der Waals surface area contributed by atoms with E-state index in [9.17, 15) is 4.79 Å². The highest BCUT2D eigenvalue weighted by Gasteiger charge is 2.18. The second-order valence-electron chi connectivity index (χ2n) is 3.58. The molecule has 3 heteroatoms. The van der Waals surface area contributed by atoms with Gasteiger partial charge in [-0.25, -0.2) is 0 Å². The lowest BCUT2D eigenvalue weighted by molar-refractivity contribution is -0.137. The van der Waals surface area contributed by atoms with Crippen LogP contribution in [0.4, 0.5) is 0 Å². The molecule has 0 amide bonds. The molecule has 0 aromatic rings. The van der Waals surface area contributed by atoms with Crippen molar-refractivity contribution in [3.63, 3.8) is 0 Å².